The topological polar surface area (TPSA) is 82.1 Å². The predicted octanol–water partition coefficient (Wildman–Crippen LogP) is 3.60. The number of rotatable bonds is 3. The van der Waals surface area contributed by atoms with Crippen molar-refractivity contribution < 1.29 is 9.34 Å². The Kier molecular flexibility index (Phi) is 3.49. The van der Waals surface area contributed by atoms with Crippen LogP contribution < -0.4 is 0 Å². The van der Waals surface area contributed by atoms with Crippen LogP contribution >= 0.6 is 23.2 Å². The molecule has 18 heavy (non-hydrogen) atoms. The largest absolute Gasteiger partial charge is 0.419 e. The Morgan fingerprint density at radius 2 is 2.11 bits per heavy atom. The van der Waals surface area contributed by atoms with Gasteiger partial charge in [-0.2, -0.15) is 0 Å². The molecule has 1 aromatic carbocycles. The van der Waals surface area contributed by atoms with Gasteiger partial charge in [-0.3, -0.25) is 10.1 Å². The molecular formula is C10H7Cl2N3O3. The van der Waals surface area contributed by atoms with Crippen LogP contribution in [-0.4, -0.2) is 15.1 Å². The molecule has 8 heteroatoms. The molecule has 0 saturated heterocycles. The fraction of sp³-hybridized carbons (Fsp3) is 0.200. The average Bonchev–Trinajstić information content (AvgIpc) is 2.77. The van der Waals surface area contributed by atoms with Crippen molar-refractivity contribution in [3.05, 3.63) is 39.2 Å². The van der Waals surface area contributed by atoms with Crippen molar-refractivity contribution in [1.29, 1.82) is 0 Å². The summed E-state index contributed by atoms with van der Waals surface area (Å²) in [7, 11) is 0. The van der Waals surface area contributed by atoms with Gasteiger partial charge in [-0.15, -0.1) is 21.8 Å². The molecule has 2 aromatic rings. The quantitative estimate of drug-likeness (QED) is 0.489. The second-order valence-corrected chi connectivity index (χ2v) is 4.61. The minimum Gasteiger partial charge on any atom is -0.419 e. The summed E-state index contributed by atoms with van der Waals surface area (Å²) in [6, 6.07) is 4.05. The van der Waals surface area contributed by atoms with E-state index in [4.69, 9.17) is 27.6 Å². The minimum absolute atomic E-state index is 0.142. The van der Waals surface area contributed by atoms with Gasteiger partial charge in [-0.05, 0) is 13.0 Å². The number of alkyl halides is 1. The van der Waals surface area contributed by atoms with Crippen LogP contribution in [0.1, 0.15) is 18.2 Å². The molecule has 1 unspecified atom stereocenters. The lowest BCUT2D eigenvalue weighted by Gasteiger charge is -1.97. The van der Waals surface area contributed by atoms with E-state index in [-0.39, 0.29) is 22.5 Å². The molecule has 0 aliphatic heterocycles. The summed E-state index contributed by atoms with van der Waals surface area (Å²) >= 11 is 11.6. The van der Waals surface area contributed by atoms with Gasteiger partial charge < -0.3 is 4.42 Å². The zero-order chi connectivity index (χ0) is 13.3. The average molecular weight is 288 g/mol. The van der Waals surface area contributed by atoms with E-state index in [1.54, 1.807) is 6.92 Å². The first kappa shape index (κ1) is 12.8. The molecule has 1 heterocycles. The monoisotopic (exact) mass is 287 g/mol. The summed E-state index contributed by atoms with van der Waals surface area (Å²) in [6.45, 7) is 1.68. The van der Waals surface area contributed by atoms with Gasteiger partial charge in [0.1, 0.15) is 5.38 Å². The highest BCUT2D eigenvalue weighted by molar-refractivity contribution is 6.31. The third-order valence-electron chi connectivity index (χ3n) is 2.12. The van der Waals surface area contributed by atoms with Crippen molar-refractivity contribution >= 4 is 28.9 Å². The zero-order valence-corrected chi connectivity index (χ0v) is 10.6. The summed E-state index contributed by atoms with van der Waals surface area (Å²) < 4.78 is 5.29. The zero-order valence-electron chi connectivity index (χ0n) is 9.13. The first-order valence-corrected chi connectivity index (χ1v) is 5.71. The summed E-state index contributed by atoms with van der Waals surface area (Å²) in [5.41, 5.74) is 0.237. The number of hydrogen-bond acceptors (Lipinski definition) is 5. The minimum atomic E-state index is -0.545. The maximum absolute atomic E-state index is 10.7. The van der Waals surface area contributed by atoms with Gasteiger partial charge in [0.15, 0.2) is 0 Å². The summed E-state index contributed by atoms with van der Waals surface area (Å²) in [4.78, 5) is 10.2. The van der Waals surface area contributed by atoms with Crippen molar-refractivity contribution in [3.8, 4) is 11.5 Å². The Bertz CT molecular complexity index is 598. The molecule has 0 spiro atoms. The first-order valence-electron chi connectivity index (χ1n) is 4.90. The number of nitro groups is 1. The van der Waals surface area contributed by atoms with E-state index in [0.717, 1.165) is 0 Å². The van der Waals surface area contributed by atoms with E-state index in [1.807, 2.05) is 0 Å². The fourth-order valence-corrected chi connectivity index (χ4v) is 1.63. The van der Waals surface area contributed by atoms with Crippen LogP contribution in [0.25, 0.3) is 11.5 Å². The normalized spacial score (nSPS) is 12.4. The van der Waals surface area contributed by atoms with Crippen molar-refractivity contribution in [3.63, 3.8) is 0 Å². The Hall–Kier alpha value is -1.66. The van der Waals surface area contributed by atoms with Crippen molar-refractivity contribution in [2.45, 2.75) is 12.3 Å². The Morgan fingerprint density at radius 1 is 1.39 bits per heavy atom. The van der Waals surface area contributed by atoms with Crippen LogP contribution in [0.5, 0.6) is 0 Å². The summed E-state index contributed by atoms with van der Waals surface area (Å²) in [6.07, 6.45) is 0. The molecule has 0 fully saturated rings. The van der Waals surface area contributed by atoms with Crippen LogP contribution in [-0.2, 0) is 0 Å². The lowest BCUT2D eigenvalue weighted by Crippen LogP contribution is -1.89. The van der Waals surface area contributed by atoms with Gasteiger partial charge in [0.25, 0.3) is 5.69 Å². The van der Waals surface area contributed by atoms with Gasteiger partial charge in [0, 0.05) is 22.7 Å². The number of non-ortho nitro benzene ring substituents is 1. The van der Waals surface area contributed by atoms with Crippen LogP contribution in [0, 0.1) is 10.1 Å². The van der Waals surface area contributed by atoms with Crippen molar-refractivity contribution in [2.24, 2.45) is 0 Å². The molecular weight excluding hydrogens is 281 g/mol. The molecule has 0 aliphatic carbocycles. The predicted molar refractivity (Wildman–Crippen MR) is 65.7 cm³/mol. The van der Waals surface area contributed by atoms with E-state index in [0.29, 0.717) is 5.56 Å². The van der Waals surface area contributed by atoms with Gasteiger partial charge in [0.05, 0.1) is 4.92 Å². The lowest BCUT2D eigenvalue weighted by molar-refractivity contribution is -0.384. The van der Waals surface area contributed by atoms with E-state index in [1.165, 1.54) is 18.2 Å². The number of aromatic nitrogens is 2. The number of nitrogens with zero attached hydrogens (tertiary/aromatic N) is 3. The van der Waals surface area contributed by atoms with Gasteiger partial charge >= 0.3 is 0 Å². The third kappa shape index (κ3) is 2.60. The number of hydrogen-bond donors (Lipinski definition) is 0. The lowest BCUT2D eigenvalue weighted by atomic mass is 10.2. The standard InChI is InChI=1S/C10H7Cl2N3O3/c1-5(11)9-13-14-10(18-9)6-2-7(12)4-8(3-6)15(16)17/h2-5H,1H3. The molecule has 0 radical (unpaired) electrons. The Balaban J connectivity index is 2.46. The van der Waals surface area contributed by atoms with Crippen molar-refractivity contribution in [2.75, 3.05) is 0 Å². The summed E-state index contributed by atoms with van der Waals surface area (Å²) in [5, 5.41) is 18.0. The maximum Gasteiger partial charge on any atom is 0.271 e. The van der Waals surface area contributed by atoms with Crippen molar-refractivity contribution in [1.82, 2.24) is 10.2 Å². The number of nitro benzene ring substituents is 1. The first-order chi connectivity index (χ1) is 8.47. The molecule has 0 saturated carbocycles. The smallest absolute Gasteiger partial charge is 0.271 e. The molecule has 0 bridgehead atoms. The second kappa shape index (κ2) is 4.91. The molecule has 1 atom stereocenters. The van der Waals surface area contributed by atoms with Crippen LogP contribution in [0.4, 0.5) is 5.69 Å². The molecule has 0 amide bonds. The van der Waals surface area contributed by atoms with Gasteiger partial charge in [-0.25, -0.2) is 0 Å². The highest BCUT2D eigenvalue weighted by Crippen LogP contribution is 2.29. The number of halogens is 2. The number of benzene rings is 1. The van der Waals surface area contributed by atoms with Gasteiger partial charge in [-0.1, -0.05) is 11.6 Å². The van der Waals surface area contributed by atoms with Crippen LogP contribution in [0.3, 0.4) is 0 Å². The van der Waals surface area contributed by atoms with Crippen LogP contribution in [0.15, 0.2) is 22.6 Å². The van der Waals surface area contributed by atoms with E-state index in [9.17, 15) is 10.1 Å². The maximum atomic E-state index is 10.7. The molecule has 0 N–H and O–H groups in total. The molecule has 94 valence electrons. The summed E-state index contributed by atoms with van der Waals surface area (Å²) in [5.74, 6) is 0.386. The molecule has 0 aliphatic rings. The molecule has 6 nitrogen and oxygen atoms in total. The van der Waals surface area contributed by atoms with E-state index < -0.39 is 10.3 Å². The third-order valence-corrected chi connectivity index (χ3v) is 2.53. The molecule has 1 aromatic heterocycles. The Morgan fingerprint density at radius 3 is 2.67 bits per heavy atom. The fourth-order valence-electron chi connectivity index (χ4n) is 1.32. The Labute approximate surface area is 112 Å². The van der Waals surface area contributed by atoms with E-state index in [2.05, 4.69) is 10.2 Å². The van der Waals surface area contributed by atoms with Gasteiger partial charge in [0.2, 0.25) is 11.8 Å². The molecule has 2 rings (SSSR count). The highest BCUT2D eigenvalue weighted by Gasteiger charge is 2.16. The van der Waals surface area contributed by atoms with Crippen LogP contribution in [0.2, 0.25) is 5.02 Å². The van der Waals surface area contributed by atoms with E-state index >= 15 is 0 Å². The SMILES string of the molecule is CC(Cl)c1nnc(-c2cc(Cl)cc([N+](=O)[O-])c2)o1. The second-order valence-electron chi connectivity index (χ2n) is 3.52. The highest BCUT2D eigenvalue weighted by atomic mass is 35.5.